The predicted octanol–water partition coefficient (Wildman–Crippen LogP) is 9.85. The Labute approximate surface area is 269 Å². The van der Waals surface area contributed by atoms with Crippen molar-refractivity contribution in [1.29, 1.82) is 0 Å². The van der Waals surface area contributed by atoms with Crippen LogP contribution in [0.1, 0.15) is 155 Å². The normalized spacial score (nSPS) is 12.6. The van der Waals surface area contributed by atoms with E-state index < -0.39 is 18.7 Å². The third-order valence-corrected chi connectivity index (χ3v) is 7.35. The molecule has 0 spiro atoms. The highest BCUT2D eigenvalue weighted by Gasteiger charge is 2.16. The van der Waals surface area contributed by atoms with Gasteiger partial charge < -0.3 is 14.6 Å². The van der Waals surface area contributed by atoms with Gasteiger partial charge in [0.05, 0.1) is 6.61 Å². The highest BCUT2D eigenvalue weighted by molar-refractivity contribution is 5.90. The van der Waals surface area contributed by atoms with Crippen LogP contribution in [0.15, 0.2) is 48.6 Å². The van der Waals surface area contributed by atoms with Crippen LogP contribution in [0.3, 0.4) is 0 Å². The van der Waals surface area contributed by atoms with Crippen molar-refractivity contribution in [1.82, 2.24) is 0 Å². The number of carbonyl (C=O) groups excluding carboxylic acids is 3. The molecule has 0 aliphatic heterocycles. The van der Waals surface area contributed by atoms with Crippen LogP contribution >= 0.6 is 0 Å². The monoisotopic (exact) mass is 616 g/mol. The zero-order valence-corrected chi connectivity index (χ0v) is 28.2. The predicted molar refractivity (Wildman–Crippen MR) is 182 cm³/mol. The Balaban J connectivity index is 3.82. The van der Waals surface area contributed by atoms with Crippen molar-refractivity contribution in [3.05, 3.63) is 48.6 Å². The number of unbranched alkanes of at least 4 members (excludes halogenated alkanes) is 14. The van der Waals surface area contributed by atoms with E-state index in [1.807, 2.05) is 12.2 Å². The summed E-state index contributed by atoms with van der Waals surface area (Å²) in [6, 6.07) is 0. The topological polar surface area (TPSA) is 89.9 Å². The van der Waals surface area contributed by atoms with E-state index >= 15 is 0 Å². The van der Waals surface area contributed by atoms with Gasteiger partial charge in [0, 0.05) is 19.3 Å². The maximum atomic E-state index is 12.1. The third-order valence-electron chi connectivity index (χ3n) is 7.35. The van der Waals surface area contributed by atoms with Crippen molar-refractivity contribution in [2.24, 2.45) is 0 Å². The van der Waals surface area contributed by atoms with Crippen LogP contribution < -0.4 is 0 Å². The molecule has 1 atom stereocenters. The number of ketones is 1. The average Bonchev–Trinajstić information content (AvgIpc) is 3.02. The molecule has 0 radical (unpaired) electrons. The first-order chi connectivity index (χ1) is 21.5. The summed E-state index contributed by atoms with van der Waals surface area (Å²) in [5.74, 6) is -0.906. The second-order valence-corrected chi connectivity index (χ2v) is 11.6. The van der Waals surface area contributed by atoms with Gasteiger partial charge in [-0.15, -0.1) is 0 Å². The molecule has 0 aromatic heterocycles. The number of aliphatic hydroxyl groups is 1. The Morgan fingerprint density at radius 1 is 0.591 bits per heavy atom. The number of carbonyl (C=O) groups is 3. The smallest absolute Gasteiger partial charge is 0.306 e. The van der Waals surface area contributed by atoms with Gasteiger partial charge in [-0.2, -0.15) is 0 Å². The van der Waals surface area contributed by atoms with E-state index in [2.05, 4.69) is 38.2 Å². The van der Waals surface area contributed by atoms with E-state index in [-0.39, 0.29) is 31.2 Å². The summed E-state index contributed by atoms with van der Waals surface area (Å²) in [5.41, 5.74) is 0. The molecule has 0 aliphatic carbocycles. The molecule has 0 aliphatic rings. The van der Waals surface area contributed by atoms with Crippen LogP contribution in [0.2, 0.25) is 0 Å². The molecule has 0 heterocycles. The first-order valence-electron chi connectivity index (χ1n) is 17.6. The van der Waals surface area contributed by atoms with E-state index in [0.717, 1.165) is 38.5 Å². The Bertz CT molecular complexity index is 810. The number of aliphatic hydroxyl groups excluding tert-OH is 1. The van der Waals surface area contributed by atoms with E-state index in [1.165, 1.54) is 83.1 Å². The van der Waals surface area contributed by atoms with E-state index in [1.54, 1.807) is 6.08 Å². The highest BCUT2D eigenvalue weighted by Crippen LogP contribution is 2.13. The Kier molecular flexibility index (Phi) is 31.5. The minimum Gasteiger partial charge on any atom is -0.462 e. The van der Waals surface area contributed by atoms with Crippen LogP contribution in [0.4, 0.5) is 0 Å². The molecule has 0 saturated heterocycles. The minimum absolute atomic E-state index is 0.0587. The number of allylic oxidation sites excluding steroid dienone is 8. The summed E-state index contributed by atoms with van der Waals surface area (Å²) in [5, 5.41) is 9.49. The third kappa shape index (κ3) is 31.0. The summed E-state index contributed by atoms with van der Waals surface area (Å²) in [7, 11) is 0. The van der Waals surface area contributed by atoms with E-state index in [9.17, 15) is 19.5 Å². The molecule has 6 heteroatoms. The Morgan fingerprint density at radius 3 is 1.77 bits per heavy atom. The summed E-state index contributed by atoms with van der Waals surface area (Å²) in [6.07, 6.45) is 37.3. The van der Waals surface area contributed by atoms with Crippen molar-refractivity contribution in [3.8, 4) is 0 Å². The largest absolute Gasteiger partial charge is 0.462 e. The fraction of sp³-hybridized carbons (Fsp3) is 0.711. The van der Waals surface area contributed by atoms with Crippen LogP contribution in [0.5, 0.6) is 0 Å². The van der Waals surface area contributed by atoms with Crippen molar-refractivity contribution < 1.29 is 29.0 Å². The highest BCUT2D eigenvalue weighted by atomic mass is 16.6. The lowest BCUT2D eigenvalue weighted by Gasteiger charge is -2.15. The number of rotatable bonds is 31. The van der Waals surface area contributed by atoms with Crippen molar-refractivity contribution in [2.75, 3.05) is 13.2 Å². The fourth-order valence-electron chi connectivity index (χ4n) is 4.62. The Morgan fingerprint density at radius 2 is 1.14 bits per heavy atom. The van der Waals surface area contributed by atoms with Gasteiger partial charge in [0.25, 0.3) is 0 Å². The minimum atomic E-state index is -0.884. The van der Waals surface area contributed by atoms with Gasteiger partial charge in [-0.1, -0.05) is 140 Å². The molecule has 0 unspecified atom stereocenters. The maximum Gasteiger partial charge on any atom is 0.306 e. The number of ether oxygens (including phenoxy) is 2. The quantitative estimate of drug-likeness (QED) is 0.0274. The lowest BCUT2D eigenvalue weighted by molar-refractivity contribution is -0.161. The molecule has 0 rings (SSSR count). The maximum absolute atomic E-state index is 12.1. The van der Waals surface area contributed by atoms with Crippen LogP contribution in [-0.4, -0.2) is 42.1 Å². The lowest BCUT2D eigenvalue weighted by Crippen LogP contribution is -2.28. The molecule has 0 fully saturated rings. The molecule has 0 amide bonds. The van der Waals surface area contributed by atoms with Crippen LogP contribution in [-0.2, 0) is 23.9 Å². The Hall–Kier alpha value is -2.47. The first-order valence-corrected chi connectivity index (χ1v) is 17.6. The molecule has 44 heavy (non-hydrogen) atoms. The van der Waals surface area contributed by atoms with Gasteiger partial charge >= 0.3 is 11.9 Å². The summed E-state index contributed by atoms with van der Waals surface area (Å²) >= 11 is 0. The molecule has 0 aromatic rings. The number of hydrogen-bond donors (Lipinski definition) is 1. The second kappa shape index (κ2) is 33.4. The lowest BCUT2D eigenvalue weighted by atomic mass is 10.0. The molecule has 0 saturated carbocycles. The van der Waals surface area contributed by atoms with Gasteiger partial charge in [0.1, 0.15) is 6.61 Å². The van der Waals surface area contributed by atoms with Gasteiger partial charge in [-0.3, -0.25) is 14.4 Å². The molecular formula is C38H64O6. The number of esters is 2. The molecule has 252 valence electrons. The van der Waals surface area contributed by atoms with Gasteiger partial charge in [-0.05, 0) is 44.6 Å². The van der Waals surface area contributed by atoms with E-state index in [4.69, 9.17) is 9.47 Å². The van der Waals surface area contributed by atoms with E-state index in [0.29, 0.717) is 12.8 Å². The molecule has 0 aromatic carbocycles. The van der Waals surface area contributed by atoms with Crippen molar-refractivity contribution in [2.45, 2.75) is 161 Å². The summed E-state index contributed by atoms with van der Waals surface area (Å²) in [4.78, 5) is 36.1. The van der Waals surface area contributed by atoms with Gasteiger partial charge in [0.15, 0.2) is 11.9 Å². The average molecular weight is 617 g/mol. The molecule has 0 bridgehead atoms. The van der Waals surface area contributed by atoms with Gasteiger partial charge in [0.2, 0.25) is 0 Å². The molecule has 6 nitrogen and oxygen atoms in total. The van der Waals surface area contributed by atoms with Crippen LogP contribution in [0.25, 0.3) is 0 Å². The summed E-state index contributed by atoms with van der Waals surface area (Å²) < 4.78 is 10.4. The fourth-order valence-corrected chi connectivity index (χ4v) is 4.62. The zero-order chi connectivity index (χ0) is 32.4. The SMILES string of the molecule is CCCCC/C=C\C/C=C\C/C=C\C=C\C(=O)CCCC(=O)O[C@@H](CO)COC(=O)CCCCCCCCCCCCCC. The summed E-state index contributed by atoms with van der Waals surface area (Å²) in [6.45, 7) is 3.88. The van der Waals surface area contributed by atoms with Crippen LogP contribution in [0, 0.1) is 0 Å². The molecular weight excluding hydrogens is 552 g/mol. The molecule has 1 N–H and O–H groups in total. The van der Waals surface area contributed by atoms with Crippen molar-refractivity contribution in [3.63, 3.8) is 0 Å². The first kappa shape index (κ1) is 41.5. The number of hydrogen-bond acceptors (Lipinski definition) is 6. The standard InChI is InChI=1S/C38H64O6/c1-3-5-7-9-11-13-15-17-18-20-22-24-26-29-35(40)30-28-32-38(42)44-36(33-39)34-43-37(41)31-27-25-23-21-19-16-14-12-10-8-6-4-2/h11,13,17-18,22,24,26,29,36,39H,3-10,12,14-16,19-21,23,25,27-28,30-34H2,1-2H3/b13-11-,18-17-,24-22-,29-26+/t36-/m0/s1. The zero-order valence-electron chi connectivity index (χ0n) is 28.2. The van der Waals surface area contributed by atoms with Crippen molar-refractivity contribution >= 4 is 17.7 Å². The van der Waals surface area contributed by atoms with Gasteiger partial charge in [-0.25, -0.2) is 0 Å². The second-order valence-electron chi connectivity index (χ2n) is 11.6.